The van der Waals surface area contributed by atoms with Crippen molar-refractivity contribution in [1.82, 2.24) is 0 Å². The number of nitrogens with zero attached hydrogens (tertiary/aromatic N) is 1. The quantitative estimate of drug-likeness (QED) is 0.473. The third-order valence-corrected chi connectivity index (χ3v) is 4.06. The average Bonchev–Trinajstić information content (AvgIpc) is 2.47. The molecule has 0 aromatic heterocycles. The zero-order valence-corrected chi connectivity index (χ0v) is 13.7. The van der Waals surface area contributed by atoms with Gasteiger partial charge in [-0.2, -0.15) is 0 Å². The first-order valence-corrected chi connectivity index (χ1v) is 6.99. The first-order valence-electron chi connectivity index (χ1n) is 6.99. The predicted molar refractivity (Wildman–Crippen MR) is 92.0 cm³/mol. The van der Waals surface area contributed by atoms with Crippen LogP contribution in [-0.4, -0.2) is 4.92 Å². The summed E-state index contributed by atoms with van der Waals surface area (Å²) in [4.78, 5) is 9.94. The Morgan fingerprint density at radius 3 is 1.82 bits per heavy atom. The topological polar surface area (TPSA) is 95.2 Å². The summed E-state index contributed by atoms with van der Waals surface area (Å²) in [6.07, 6.45) is 0. The molecule has 0 fully saturated rings. The summed E-state index contributed by atoms with van der Waals surface area (Å²) >= 11 is 0. The molecule has 0 aliphatic rings. The standard InChI is InChI=1S/C9H13N.C8H10N2O2/c1-6-4-5-9(10)8(3)7(6)2;1-5-3-4-7(10(11)12)8(9)6(5)2/h4-5H,10H2,1-3H3;3-4H,9H2,1-2H3. The van der Waals surface area contributed by atoms with E-state index in [9.17, 15) is 10.1 Å². The minimum atomic E-state index is -0.470. The van der Waals surface area contributed by atoms with Crippen LogP contribution in [0, 0.1) is 44.7 Å². The van der Waals surface area contributed by atoms with Gasteiger partial charge in [0.25, 0.3) is 5.69 Å². The van der Waals surface area contributed by atoms with E-state index in [1.807, 2.05) is 13.0 Å². The third kappa shape index (κ3) is 3.75. The smallest absolute Gasteiger partial charge is 0.292 e. The van der Waals surface area contributed by atoms with Gasteiger partial charge in [-0.25, -0.2) is 0 Å². The molecule has 2 aromatic carbocycles. The zero-order valence-electron chi connectivity index (χ0n) is 13.7. The van der Waals surface area contributed by atoms with Crippen LogP contribution in [0.15, 0.2) is 24.3 Å². The van der Waals surface area contributed by atoms with E-state index < -0.39 is 4.92 Å². The highest BCUT2D eigenvalue weighted by atomic mass is 16.6. The predicted octanol–water partition coefficient (Wildman–Crippen LogP) is 3.99. The Balaban J connectivity index is 0.000000224. The van der Waals surface area contributed by atoms with Gasteiger partial charge in [0, 0.05) is 11.8 Å². The van der Waals surface area contributed by atoms with Gasteiger partial charge in [0.2, 0.25) is 0 Å². The molecule has 0 atom stereocenters. The van der Waals surface area contributed by atoms with Gasteiger partial charge in [-0.3, -0.25) is 10.1 Å². The molecule has 0 radical (unpaired) electrons. The third-order valence-electron chi connectivity index (χ3n) is 4.06. The highest BCUT2D eigenvalue weighted by Crippen LogP contribution is 2.26. The fourth-order valence-electron chi connectivity index (χ4n) is 1.96. The molecule has 5 nitrogen and oxygen atoms in total. The van der Waals surface area contributed by atoms with Crippen molar-refractivity contribution in [1.29, 1.82) is 0 Å². The molecule has 0 spiro atoms. The van der Waals surface area contributed by atoms with Crippen molar-refractivity contribution in [3.05, 3.63) is 62.2 Å². The van der Waals surface area contributed by atoms with E-state index in [1.54, 1.807) is 13.0 Å². The number of nitro groups is 1. The van der Waals surface area contributed by atoms with Crippen LogP contribution in [0.4, 0.5) is 17.1 Å². The molecule has 118 valence electrons. The van der Waals surface area contributed by atoms with Crippen molar-refractivity contribution in [3.63, 3.8) is 0 Å². The molecule has 0 saturated heterocycles. The minimum Gasteiger partial charge on any atom is -0.399 e. The average molecular weight is 301 g/mol. The molecule has 4 N–H and O–H groups in total. The Morgan fingerprint density at radius 1 is 0.818 bits per heavy atom. The molecule has 0 amide bonds. The van der Waals surface area contributed by atoms with Crippen molar-refractivity contribution in [3.8, 4) is 0 Å². The van der Waals surface area contributed by atoms with Crippen molar-refractivity contribution in [2.45, 2.75) is 34.6 Å². The van der Waals surface area contributed by atoms with Gasteiger partial charge in [-0.15, -0.1) is 0 Å². The van der Waals surface area contributed by atoms with E-state index in [2.05, 4.69) is 26.8 Å². The van der Waals surface area contributed by atoms with Gasteiger partial charge in [-0.05, 0) is 68.5 Å². The largest absolute Gasteiger partial charge is 0.399 e. The van der Waals surface area contributed by atoms with E-state index >= 15 is 0 Å². The Bertz CT molecular complexity index is 683. The zero-order chi connectivity index (χ0) is 17.0. The van der Waals surface area contributed by atoms with Crippen LogP contribution < -0.4 is 11.5 Å². The molecule has 0 bridgehead atoms. The summed E-state index contributed by atoms with van der Waals surface area (Å²) < 4.78 is 0. The number of nitrogen functional groups attached to an aromatic ring is 2. The maximum atomic E-state index is 10.4. The van der Waals surface area contributed by atoms with Crippen molar-refractivity contribution >= 4 is 17.1 Å². The maximum absolute atomic E-state index is 10.4. The van der Waals surface area contributed by atoms with Crippen LogP contribution in [0.2, 0.25) is 0 Å². The molecule has 0 saturated carbocycles. The van der Waals surface area contributed by atoms with Crippen molar-refractivity contribution in [2.24, 2.45) is 0 Å². The SMILES string of the molecule is Cc1ccc(N)c(C)c1C.Cc1ccc([N+](=O)[O-])c(N)c1C. The summed E-state index contributed by atoms with van der Waals surface area (Å²) in [5.41, 5.74) is 18.0. The van der Waals surface area contributed by atoms with Gasteiger partial charge < -0.3 is 11.5 Å². The highest BCUT2D eigenvalue weighted by Gasteiger charge is 2.13. The van der Waals surface area contributed by atoms with E-state index in [0.717, 1.165) is 16.8 Å². The second kappa shape index (κ2) is 6.93. The Kier molecular flexibility index (Phi) is 5.51. The molecule has 0 unspecified atom stereocenters. The Hall–Kier alpha value is -2.56. The van der Waals surface area contributed by atoms with Crippen LogP contribution in [0.1, 0.15) is 27.8 Å². The monoisotopic (exact) mass is 301 g/mol. The second-order valence-corrected chi connectivity index (χ2v) is 5.42. The first kappa shape index (κ1) is 17.5. The van der Waals surface area contributed by atoms with E-state index in [-0.39, 0.29) is 11.4 Å². The summed E-state index contributed by atoms with van der Waals surface area (Å²) in [5, 5.41) is 10.4. The fourth-order valence-corrected chi connectivity index (χ4v) is 1.96. The lowest BCUT2D eigenvalue weighted by atomic mass is 10.0. The molecule has 2 rings (SSSR count). The summed E-state index contributed by atoms with van der Waals surface area (Å²) in [7, 11) is 0. The van der Waals surface area contributed by atoms with Gasteiger partial charge in [0.05, 0.1) is 4.92 Å². The second-order valence-electron chi connectivity index (χ2n) is 5.42. The van der Waals surface area contributed by atoms with E-state index in [1.165, 1.54) is 22.8 Å². The molecular formula is C17H23N3O2. The number of nitro benzene ring substituents is 1. The Labute approximate surface area is 131 Å². The summed E-state index contributed by atoms with van der Waals surface area (Å²) in [6, 6.07) is 7.14. The number of nitrogens with two attached hydrogens (primary N) is 2. The number of anilines is 2. The minimum absolute atomic E-state index is 0.0156. The van der Waals surface area contributed by atoms with Gasteiger partial charge in [0.1, 0.15) is 5.69 Å². The lowest BCUT2D eigenvalue weighted by Gasteiger charge is -2.05. The molecule has 5 heteroatoms. The number of benzene rings is 2. The number of hydrogen-bond donors (Lipinski definition) is 2. The molecule has 2 aromatic rings. The van der Waals surface area contributed by atoms with Crippen LogP contribution >= 0.6 is 0 Å². The van der Waals surface area contributed by atoms with Crippen LogP contribution in [-0.2, 0) is 0 Å². The summed E-state index contributed by atoms with van der Waals surface area (Å²) in [5.74, 6) is 0. The maximum Gasteiger partial charge on any atom is 0.292 e. The van der Waals surface area contributed by atoms with Gasteiger partial charge >= 0.3 is 0 Å². The fraction of sp³-hybridized carbons (Fsp3) is 0.294. The number of rotatable bonds is 1. The van der Waals surface area contributed by atoms with E-state index in [0.29, 0.717) is 0 Å². The molecule has 0 aliphatic heterocycles. The van der Waals surface area contributed by atoms with Crippen molar-refractivity contribution in [2.75, 3.05) is 11.5 Å². The lowest BCUT2D eigenvalue weighted by Crippen LogP contribution is -1.99. The number of hydrogen-bond acceptors (Lipinski definition) is 4. The van der Waals surface area contributed by atoms with Crippen LogP contribution in [0.5, 0.6) is 0 Å². The molecule has 22 heavy (non-hydrogen) atoms. The molecule has 0 aliphatic carbocycles. The van der Waals surface area contributed by atoms with Gasteiger partial charge in [-0.1, -0.05) is 12.1 Å². The van der Waals surface area contributed by atoms with Crippen molar-refractivity contribution < 1.29 is 4.92 Å². The molecule has 0 heterocycles. The molecular weight excluding hydrogens is 278 g/mol. The number of aryl methyl sites for hydroxylation is 2. The normalized spacial score (nSPS) is 9.86. The van der Waals surface area contributed by atoms with Gasteiger partial charge in [0.15, 0.2) is 0 Å². The highest BCUT2D eigenvalue weighted by molar-refractivity contribution is 5.64. The lowest BCUT2D eigenvalue weighted by molar-refractivity contribution is -0.383. The summed E-state index contributed by atoms with van der Waals surface area (Å²) in [6.45, 7) is 9.90. The van der Waals surface area contributed by atoms with Crippen LogP contribution in [0.3, 0.4) is 0 Å². The Morgan fingerprint density at radius 2 is 1.32 bits per heavy atom. The first-order chi connectivity index (χ1) is 10.2. The van der Waals surface area contributed by atoms with E-state index in [4.69, 9.17) is 11.5 Å². The van der Waals surface area contributed by atoms with Crippen LogP contribution in [0.25, 0.3) is 0 Å².